The fourth-order valence-electron chi connectivity index (χ4n) is 1.74. The van der Waals surface area contributed by atoms with Gasteiger partial charge in [0.25, 0.3) is 5.91 Å². The van der Waals surface area contributed by atoms with Crippen LogP contribution in [0.1, 0.15) is 11.1 Å². The number of benzene rings is 2. The second-order valence-corrected chi connectivity index (χ2v) is 5.53. The quantitative estimate of drug-likeness (QED) is 0.915. The molecule has 2 aromatic rings. The molecule has 2 rings (SSSR count). The number of carbonyl (C=O) groups excluding carboxylic acids is 1. The maximum Gasteiger partial charge on any atom is 0.262 e. The highest BCUT2D eigenvalue weighted by Crippen LogP contribution is 2.19. The van der Waals surface area contributed by atoms with E-state index in [0.29, 0.717) is 0 Å². The predicted octanol–water partition coefficient (Wildman–Crippen LogP) is 4.08. The van der Waals surface area contributed by atoms with Crippen LogP contribution in [0.2, 0.25) is 0 Å². The Morgan fingerprint density at radius 2 is 1.85 bits per heavy atom. The molecular weight excluding hydrogens is 318 g/mol. The van der Waals surface area contributed by atoms with Crippen LogP contribution in [0.4, 0.5) is 5.69 Å². The molecule has 0 atom stereocenters. The van der Waals surface area contributed by atoms with E-state index in [-0.39, 0.29) is 12.5 Å². The fraction of sp³-hybridized carbons (Fsp3) is 0.188. The average molecular weight is 334 g/mol. The second kappa shape index (κ2) is 6.57. The van der Waals surface area contributed by atoms with E-state index in [1.807, 2.05) is 56.3 Å². The molecule has 0 bridgehead atoms. The van der Waals surface area contributed by atoms with Gasteiger partial charge in [-0.1, -0.05) is 28.1 Å². The Morgan fingerprint density at radius 1 is 1.15 bits per heavy atom. The summed E-state index contributed by atoms with van der Waals surface area (Å²) in [7, 11) is 0. The van der Waals surface area contributed by atoms with Crippen LogP contribution < -0.4 is 10.1 Å². The normalized spacial score (nSPS) is 10.2. The van der Waals surface area contributed by atoms with E-state index in [0.717, 1.165) is 27.0 Å². The molecule has 0 heterocycles. The topological polar surface area (TPSA) is 38.3 Å². The predicted molar refractivity (Wildman–Crippen MR) is 84.2 cm³/mol. The Balaban J connectivity index is 1.92. The maximum absolute atomic E-state index is 11.8. The molecule has 0 aliphatic heterocycles. The second-order valence-electron chi connectivity index (χ2n) is 4.61. The first-order chi connectivity index (χ1) is 9.54. The van der Waals surface area contributed by atoms with Gasteiger partial charge in [0, 0.05) is 10.2 Å². The Kier molecular flexibility index (Phi) is 4.79. The molecule has 3 nitrogen and oxygen atoms in total. The van der Waals surface area contributed by atoms with Gasteiger partial charge < -0.3 is 10.1 Å². The summed E-state index contributed by atoms with van der Waals surface area (Å²) in [5, 5.41) is 2.79. The van der Waals surface area contributed by atoms with Crippen LogP contribution in [0.15, 0.2) is 46.9 Å². The smallest absolute Gasteiger partial charge is 0.262 e. The van der Waals surface area contributed by atoms with Crippen molar-refractivity contribution in [3.8, 4) is 5.75 Å². The molecule has 0 spiro atoms. The molecule has 1 N–H and O–H groups in total. The molecule has 0 aromatic heterocycles. The summed E-state index contributed by atoms with van der Waals surface area (Å²) < 4.78 is 6.53. The molecular formula is C16H16BrNO2. The fourth-order valence-corrected chi connectivity index (χ4v) is 2.00. The van der Waals surface area contributed by atoms with E-state index < -0.39 is 0 Å². The molecule has 0 radical (unpaired) electrons. The zero-order chi connectivity index (χ0) is 14.5. The van der Waals surface area contributed by atoms with Gasteiger partial charge >= 0.3 is 0 Å². The number of nitrogens with one attached hydrogen (secondary N) is 1. The van der Waals surface area contributed by atoms with Crippen LogP contribution in [0.5, 0.6) is 5.75 Å². The number of halogens is 1. The summed E-state index contributed by atoms with van der Waals surface area (Å²) in [5.41, 5.74) is 2.88. The van der Waals surface area contributed by atoms with Gasteiger partial charge in [0.05, 0.1) is 0 Å². The van der Waals surface area contributed by atoms with Gasteiger partial charge in [-0.2, -0.15) is 0 Å². The lowest BCUT2D eigenvalue weighted by atomic mass is 10.1. The maximum atomic E-state index is 11.8. The van der Waals surface area contributed by atoms with Gasteiger partial charge in [-0.25, -0.2) is 0 Å². The van der Waals surface area contributed by atoms with Gasteiger partial charge in [-0.15, -0.1) is 0 Å². The highest BCUT2D eigenvalue weighted by Gasteiger charge is 2.05. The van der Waals surface area contributed by atoms with Gasteiger partial charge in [-0.3, -0.25) is 4.79 Å². The summed E-state index contributed by atoms with van der Waals surface area (Å²) >= 11 is 3.35. The minimum Gasteiger partial charge on any atom is -0.483 e. The van der Waals surface area contributed by atoms with E-state index in [1.54, 1.807) is 0 Å². The highest BCUT2D eigenvalue weighted by molar-refractivity contribution is 9.10. The molecule has 20 heavy (non-hydrogen) atoms. The van der Waals surface area contributed by atoms with Gasteiger partial charge in [-0.05, 0) is 55.3 Å². The molecule has 1 amide bonds. The summed E-state index contributed by atoms with van der Waals surface area (Å²) in [5.74, 6) is 0.573. The third-order valence-corrected chi connectivity index (χ3v) is 3.36. The van der Waals surface area contributed by atoms with Crippen molar-refractivity contribution >= 4 is 27.5 Å². The Hall–Kier alpha value is -1.81. The minimum atomic E-state index is -0.173. The van der Waals surface area contributed by atoms with Crippen LogP contribution in [0.3, 0.4) is 0 Å². The van der Waals surface area contributed by atoms with Crippen molar-refractivity contribution in [2.45, 2.75) is 13.8 Å². The van der Waals surface area contributed by atoms with E-state index in [2.05, 4.69) is 21.2 Å². The van der Waals surface area contributed by atoms with Crippen molar-refractivity contribution in [1.29, 1.82) is 0 Å². The van der Waals surface area contributed by atoms with Crippen molar-refractivity contribution in [3.63, 3.8) is 0 Å². The largest absolute Gasteiger partial charge is 0.483 e. The number of hydrogen-bond donors (Lipinski definition) is 1. The molecule has 0 aliphatic rings. The number of hydrogen-bond acceptors (Lipinski definition) is 2. The molecule has 0 saturated heterocycles. The van der Waals surface area contributed by atoms with Crippen LogP contribution in [0, 0.1) is 13.8 Å². The molecule has 0 saturated carbocycles. The SMILES string of the molecule is Cc1ccc(C)c(OCC(=O)Nc2ccc(Br)cc2)c1. The first-order valence-electron chi connectivity index (χ1n) is 6.30. The van der Waals surface area contributed by atoms with E-state index in [9.17, 15) is 4.79 Å². The molecule has 0 aliphatic carbocycles. The van der Waals surface area contributed by atoms with Crippen LogP contribution >= 0.6 is 15.9 Å². The van der Waals surface area contributed by atoms with E-state index in [4.69, 9.17) is 4.74 Å². The van der Waals surface area contributed by atoms with Crippen LogP contribution in [-0.4, -0.2) is 12.5 Å². The minimum absolute atomic E-state index is 0.000354. The Morgan fingerprint density at radius 3 is 2.55 bits per heavy atom. The van der Waals surface area contributed by atoms with Crippen molar-refractivity contribution in [3.05, 3.63) is 58.1 Å². The molecule has 0 fully saturated rings. The number of rotatable bonds is 4. The van der Waals surface area contributed by atoms with Crippen molar-refractivity contribution in [2.75, 3.05) is 11.9 Å². The zero-order valence-corrected chi connectivity index (χ0v) is 13.0. The lowest BCUT2D eigenvalue weighted by Gasteiger charge is -2.10. The highest BCUT2D eigenvalue weighted by atomic mass is 79.9. The van der Waals surface area contributed by atoms with Gasteiger partial charge in [0.1, 0.15) is 5.75 Å². The van der Waals surface area contributed by atoms with Gasteiger partial charge in [0.2, 0.25) is 0 Å². The summed E-state index contributed by atoms with van der Waals surface area (Å²) in [6, 6.07) is 13.4. The molecule has 0 unspecified atom stereocenters. The number of anilines is 1. The number of ether oxygens (including phenoxy) is 1. The molecule has 4 heteroatoms. The monoisotopic (exact) mass is 333 g/mol. The standard InChI is InChI=1S/C16H16BrNO2/c1-11-3-4-12(2)15(9-11)20-10-16(19)18-14-7-5-13(17)6-8-14/h3-9H,10H2,1-2H3,(H,18,19). The summed E-state index contributed by atoms with van der Waals surface area (Å²) in [6.45, 7) is 3.95. The van der Waals surface area contributed by atoms with Crippen LogP contribution in [-0.2, 0) is 4.79 Å². The van der Waals surface area contributed by atoms with Gasteiger partial charge in [0.15, 0.2) is 6.61 Å². The number of carbonyl (C=O) groups is 1. The third kappa shape index (κ3) is 4.10. The third-order valence-electron chi connectivity index (χ3n) is 2.83. The lowest BCUT2D eigenvalue weighted by molar-refractivity contribution is -0.118. The first kappa shape index (κ1) is 14.6. The lowest BCUT2D eigenvalue weighted by Crippen LogP contribution is -2.20. The van der Waals surface area contributed by atoms with Crippen molar-refractivity contribution in [2.24, 2.45) is 0 Å². The zero-order valence-electron chi connectivity index (χ0n) is 11.4. The molecule has 2 aromatic carbocycles. The summed E-state index contributed by atoms with van der Waals surface area (Å²) in [6.07, 6.45) is 0. The average Bonchev–Trinajstić information content (AvgIpc) is 2.42. The first-order valence-corrected chi connectivity index (χ1v) is 7.09. The summed E-state index contributed by atoms with van der Waals surface area (Å²) in [4.78, 5) is 11.8. The van der Waals surface area contributed by atoms with E-state index in [1.165, 1.54) is 0 Å². The number of aryl methyl sites for hydroxylation is 2. The Labute approximate surface area is 127 Å². The number of amides is 1. The van der Waals surface area contributed by atoms with Crippen molar-refractivity contribution < 1.29 is 9.53 Å². The van der Waals surface area contributed by atoms with Crippen LogP contribution in [0.25, 0.3) is 0 Å². The van der Waals surface area contributed by atoms with Crippen molar-refractivity contribution in [1.82, 2.24) is 0 Å². The molecule has 104 valence electrons. The van der Waals surface area contributed by atoms with E-state index >= 15 is 0 Å². The Bertz CT molecular complexity index is 608.